The molecule has 0 radical (unpaired) electrons. The van der Waals surface area contributed by atoms with Crippen LogP contribution in [0.25, 0.3) is 0 Å². The van der Waals surface area contributed by atoms with Gasteiger partial charge < -0.3 is 50.3 Å². The van der Waals surface area contributed by atoms with E-state index in [4.69, 9.17) is 26.2 Å². The van der Waals surface area contributed by atoms with E-state index in [-0.39, 0.29) is 0 Å². The van der Waals surface area contributed by atoms with Gasteiger partial charge in [-0.3, -0.25) is 0 Å². The lowest BCUT2D eigenvalue weighted by Gasteiger charge is -2.45. The second-order valence-corrected chi connectivity index (χ2v) is 6.25. The fourth-order valence-electron chi connectivity index (χ4n) is 2.92. The zero-order valence-electron chi connectivity index (χ0n) is 11.9. The molecule has 2 rings (SSSR count). The van der Waals surface area contributed by atoms with Crippen LogP contribution in [0.3, 0.4) is 0 Å². The van der Waals surface area contributed by atoms with Gasteiger partial charge in [0.05, 0.1) is 18.6 Å². The smallest absolute Gasteiger partial charge is 0.183 e. The molecule has 0 saturated carbocycles. The Hall–Kier alpha value is -0.110. The van der Waals surface area contributed by atoms with Crippen molar-refractivity contribution in [2.24, 2.45) is 0 Å². The molecule has 2 aliphatic rings. The summed E-state index contributed by atoms with van der Waals surface area (Å²) in [5, 5.41) is 76.5. The summed E-state index contributed by atoms with van der Waals surface area (Å²) in [6, 6.07) is 0. The Balaban J connectivity index is 2.28. The van der Waals surface area contributed by atoms with E-state index in [0.717, 1.165) is 0 Å². The van der Waals surface area contributed by atoms with Crippen molar-refractivity contribution >= 4 is 11.6 Å². The van der Waals surface area contributed by atoms with Crippen LogP contribution in [0.5, 0.6) is 0 Å². The fourth-order valence-corrected chi connectivity index (χ4v) is 3.27. The third-order valence-corrected chi connectivity index (χ3v) is 4.90. The number of alkyl halides is 1. The molecule has 10 nitrogen and oxygen atoms in total. The average molecular weight is 361 g/mol. The number of aliphatic hydroxyl groups is 8. The molecule has 11 heteroatoms. The summed E-state index contributed by atoms with van der Waals surface area (Å²) in [6.07, 6.45) is -13.3. The summed E-state index contributed by atoms with van der Waals surface area (Å²) in [6.45, 7) is -1.66. The molecule has 8 N–H and O–H groups in total. The van der Waals surface area contributed by atoms with E-state index in [9.17, 15) is 35.7 Å². The van der Waals surface area contributed by atoms with Crippen molar-refractivity contribution in [1.82, 2.24) is 0 Å². The molecule has 2 saturated heterocycles. The maximum atomic E-state index is 10.5. The summed E-state index contributed by atoms with van der Waals surface area (Å²) >= 11 is 5.90. The molecule has 0 bridgehead atoms. The van der Waals surface area contributed by atoms with Crippen LogP contribution < -0.4 is 0 Å². The molecular formula is C12H21ClO10. The first kappa shape index (κ1) is 19.2. The first-order valence-corrected chi connectivity index (χ1v) is 7.42. The maximum absolute atomic E-state index is 10.5. The van der Waals surface area contributed by atoms with Gasteiger partial charge in [-0.1, -0.05) is 0 Å². The Kier molecular flexibility index (Phi) is 5.87. The van der Waals surface area contributed by atoms with Crippen LogP contribution in [0, 0.1) is 0 Å². The Bertz CT molecular complexity index is 413. The summed E-state index contributed by atoms with van der Waals surface area (Å²) in [5.74, 6) is 0. The molecule has 0 amide bonds. The van der Waals surface area contributed by atoms with Gasteiger partial charge in [0, 0.05) is 0 Å². The predicted molar refractivity (Wildman–Crippen MR) is 72.3 cm³/mol. The fraction of sp³-hybridized carbons (Fsp3) is 1.00. The van der Waals surface area contributed by atoms with Gasteiger partial charge >= 0.3 is 0 Å². The summed E-state index contributed by atoms with van der Waals surface area (Å²) in [4.78, 5) is 0. The molecule has 1 unspecified atom stereocenters. The van der Waals surface area contributed by atoms with Crippen LogP contribution in [0.1, 0.15) is 0 Å². The summed E-state index contributed by atoms with van der Waals surface area (Å²) in [5.41, 5.74) is -2.16. The van der Waals surface area contributed by atoms with Gasteiger partial charge in [-0.05, 0) is 0 Å². The van der Waals surface area contributed by atoms with Gasteiger partial charge in [-0.25, -0.2) is 0 Å². The molecule has 0 spiro atoms. The van der Waals surface area contributed by atoms with E-state index in [1.807, 2.05) is 0 Å². The van der Waals surface area contributed by atoms with E-state index < -0.39 is 73.2 Å². The van der Waals surface area contributed by atoms with E-state index in [2.05, 4.69) is 0 Å². The molecule has 0 aromatic carbocycles. The van der Waals surface area contributed by atoms with Crippen molar-refractivity contribution < 1.29 is 50.3 Å². The highest BCUT2D eigenvalue weighted by Crippen LogP contribution is 2.39. The van der Waals surface area contributed by atoms with E-state index in [1.165, 1.54) is 0 Å². The number of hydrogen-bond donors (Lipinski definition) is 8. The maximum Gasteiger partial charge on any atom is 0.183 e. The molecule has 0 aliphatic carbocycles. The van der Waals surface area contributed by atoms with Crippen molar-refractivity contribution in [3.63, 3.8) is 0 Å². The number of halogens is 1. The quantitative estimate of drug-likeness (QED) is 0.227. The molecule has 2 fully saturated rings. The van der Waals surface area contributed by atoms with Crippen LogP contribution in [-0.2, 0) is 9.47 Å². The highest BCUT2D eigenvalue weighted by atomic mass is 35.5. The number of ether oxygens (including phenoxy) is 2. The molecule has 0 aromatic rings. The number of rotatable bonds is 4. The van der Waals surface area contributed by atoms with Gasteiger partial charge in [0.2, 0.25) is 0 Å². The predicted octanol–water partition coefficient (Wildman–Crippen LogP) is -4.76. The van der Waals surface area contributed by atoms with Crippen molar-refractivity contribution in [3.8, 4) is 0 Å². The standard InChI is InChI=1S/C12H21ClO10/c13-4-6(17)7(18)11(21)22-8(4)10(20)12(2-15)9(19)5(16)3(1-14)23-12/h3-11,14-21H,1-2H2/t3-,4-,5-,6+,7-,8+,9+,10?,11+,12+/m1/s1. The van der Waals surface area contributed by atoms with Crippen molar-refractivity contribution in [1.29, 1.82) is 0 Å². The highest BCUT2D eigenvalue weighted by Gasteiger charge is 2.62. The molecule has 2 heterocycles. The van der Waals surface area contributed by atoms with Gasteiger partial charge in [0.25, 0.3) is 0 Å². The zero-order valence-corrected chi connectivity index (χ0v) is 12.6. The normalized spacial score (nSPS) is 52.6. The Morgan fingerprint density at radius 1 is 1.00 bits per heavy atom. The van der Waals surface area contributed by atoms with E-state index in [1.54, 1.807) is 0 Å². The second kappa shape index (κ2) is 7.02. The van der Waals surface area contributed by atoms with Crippen LogP contribution in [0.2, 0.25) is 0 Å². The lowest BCUT2D eigenvalue weighted by atomic mass is 9.83. The molecule has 10 atom stereocenters. The minimum absolute atomic E-state index is 0.688. The Labute approximate surface area is 136 Å². The van der Waals surface area contributed by atoms with Gasteiger partial charge in [-0.2, -0.15) is 0 Å². The molecule has 2 aliphatic heterocycles. The van der Waals surface area contributed by atoms with Gasteiger partial charge in [0.15, 0.2) is 6.29 Å². The average Bonchev–Trinajstić information content (AvgIpc) is 2.80. The number of hydrogen-bond acceptors (Lipinski definition) is 10. The van der Waals surface area contributed by atoms with Gasteiger partial charge in [0.1, 0.15) is 48.3 Å². The first-order chi connectivity index (χ1) is 10.7. The molecular weight excluding hydrogens is 340 g/mol. The zero-order chi connectivity index (χ0) is 17.5. The van der Waals surface area contributed by atoms with Crippen LogP contribution in [0.15, 0.2) is 0 Å². The third-order valence-electron chi connectivity index (χ3n) is 4.39. The molecule has 0 aromatic heterocycles. The monoisotopic (exact) mass is 360 g/mol. The van der Waals surface area contributed by atoms with Crippen molar-refractivity contribution in [2.75, 3.05) is 13.2 Å². The highest BCUT2D eigenvalue weighted by molar-refractivity contribution is 6.21. The van der Waals surface area contributed by atoms with Crippen molar-refractivity contribution in [2.45, 2.75) is 60.0 Å². The van der Waals surface area contributed by atoms with E-state index in [0.29, 0.717) is 0 Å². The lowest BCUT2D eigenvalue weighted by Crippen LogP contribution is -2.66. The minimum Gasteiger partial charge on any atom is -0.394 e. The topological polar surface area (TPSA) is 180 Å². The van der Waals surface area contributed by atoms with Gasteiger partial charge in [-0.15, -0.1) is 11.6 Å². The van der Waals surface area contributed by atoms with Crippen LogP contribution in [0.4, 0.5) is 0 Å². The summed E-state index contributed by atoms with van der Waals surface area (Å²) in [7, 11) is 0. The first-order valence-electron chi connectivity index (χ1n) is 6.98. The lowest BCUT2D eigenvalue weighted by molar-refractivity contribution is -0.286. The second-order valence-electron chi connectivity index (χ2n) is 5.75. The van der Waals surface area contributed by atoms with Crippen molar-refractivity contribution in [3.05, 3.63) is 0 Å². The summed E-state index contributed by atoms with van der Waals surface area (Å²) < 4.78 is 10.2. The van der Waals surface area contributed by atoms with E-state index >= 15 is 0 Å². The minimum atomic E-state index is -2.16. The largest absolute Gasteiger partial charge is 0.394 e. The third kappa shape index (κ3) is 2.98. The molecule has 136 valence electrons. The Morgan fingerprint density at radius 3 is 2.09 bits per heavy atom. The van der Waals surface area contributed by atoms with Crippen LogP contribution in [-0.4, -0.2) is 114 Å². The number of aliphatic hydroxyl groups excluding tert-OH is 8. The SMILES string of the molecule is OC[C@H]1O[C@](CO)(C(O)[C@H]2O[C@H](O)[C@H](O)[C@@H](O)[C@H]2Cl)[C@@H](O)[C@@H]1O. The molecule has 23 heavy (non-hydrogen) atoms. The Morgan fingerprint density at radius 2 is 1.61 bits per heavy atom. The van der Waals surface area contributed by atoms with Crippen LogP contribution >= 0.6 is 11.6 Å².